The molecular formula is C14H14Cl2N4. The molecule has 1 aromatic carbocycles. The Balaban J connectivity index is 2.02. The first-order valence-corrected chi connectivity index (χ1v) is 7.21. The maximum atomic E-state index is 6.15. The third-order valence-corrected chi connectivity index (χ3v) is 4.14. The lowest BCUT2D eigenvalue weighted by Gasteiger charge is -2.30. The van der Waals surface area contributed by atoms with Gasteiger partial charge in [-0.2, -0.15) is 0 Å². The molecule has 1 fully saturated rings. The van der Waals surface area contributed by atoms with E-state index in [1.54, 1.807) is 0 Å². The van der Waals surface area contributed by atoms with Gasteiger partial charge in [-0.3, -0.25) is 0 Å². The summed E-state index contributed by atoms with van der Waals surface area (Å²) in [6, 6.07) is 6.03. The lowest BCUT2D eigenvalue weighted by Crippen LogP contribution is -2.33. The molecule has 104 valence electrons. The van der Waals surface area contributed by atoms with E-state index in [4.69, 9.17) is 23.2 Å². The Hall–Kier alpha value is -1.36. The van der Waals surface area contributed by atoms with E-state index >= 15 is 0 Å². The van der Waals surface area contributed by atoms with Crippen LogP contribution >= 0.6 is 23.2 Å². The van der Waals surface area contributed by atoms with Gasteiger partial charge in [0.15, 0.2) is 0 Å². The number of anilines is 2. The van der Waals surface area contributed by atoms with Crippen LogP contribution in [0, 0.1) is 0 Å². The van der Waals surface area contributed by atoms with E-state index in [0.717, 1.165) is 30.9 Å². The molecule has 0 unspecified atom stereocenters. The van der Waals surface area contributed by atoms with E-state index in [1.807, 2.05) is 30.6 Å². The maximum absolute atomic E-state index is 6.15. The Morgan fingerprint density at radius 1 is 1.10 bits per heavy atom. The summed E-state index contributed by atoms with van der Waals surface area (Å²) >= 11 is 12.2. The van der Waals surface area contributed by atoms with Gasteiger partial charge in [0.1, 0.15) is 6.33 Å². The van der Waals surface area contributed by atoms with Crippen LogP contribution in [0.2, 0.25) is 10.0 Å². The van der Waals surface area contributed by atoms with E-state index in [0.29, 0.717) is 16.1 Å². The van der Waals surface area contributed by atoms with Gasteiger partial charge in [0.2, 0.25) is 0 Å². The Bertz CT molecular complexity index is 585. The van der Waals surface area contributed by atoms with E-state index in [2.05, 4.69) is 20.2 Å². The lowest BCUT2D eigenvalue weighted by molar-refractivity contribution is 0.709. The molecule has 2 aromatic rings. The van der Waals surface area contributed by atoms with Gasteiger partial charge in [-0.05, 0) is 31.2 Å². The van der Waals surface area contributed by atoms with Crippen LogP contribution in [0.3, 0.4) is 0 Å². The van der Waals surface area contributed by atoms with Crippen molar-refractivity contribution in [2.75, 3.05) is 18.0 Å². The first-order chi connectivity index (χ1) is 9.75. The van der Waals surface area contributed by atoms with E-state index < -0.39 is 0 Å². The van der Waals surface area contributed by atoms with Crippen LogP contribution < -0.4 is 10.2 Å². The zero-order valence-corrected chi connectivity index (χ0v) is 12.3. The number of nitrogens with one attached hydrogen (secondary N) is 1. The molecule has 1 saturated heterocycles. The highest BCUT2D eigenvalue weighted by Crippen LogP contribution is 2.33. The molecular weight excluding hydrogens is 295 g/mol. The average molecular weight is 309 g/mol. The van der Waals surface area contributed by atoms with E-state index in [-0.39, 0.29) is 0 Å². The Labute approximate surface area is 127 Å². The van der Waals surface area contributed by atoms with Crippen molar-refractivity contribution in [1.82, 2.24) is 15.3 Å². The number of halogens is 2. The first-order valence-electron chi connectivity index (χ1n) is 6.46. The molecule has 1 aliphatic heterocycles. The molecule has 4 nitrogen and oxygen atoms in total. The number of benzene rings is 1. The second-order valence-electron chi connectivity index (χ2n) is 4.71. The molecule has 2 heterocycles. The van der Waals surface area contributed by atoms with Gasteiger partial charge in [-0.25, -0.2) is 9.97 Å². The fraction of sp³-hybridized carbons (Fsp3) is 0.286. The second-order valence-corrected chi connectivity index (χ2v) is 5.53. The van der Waals surface area contributed by atoms with Gasteiger partial charge in [-0.1, -0.05) is 23.2 Å². The van der Waals surface area contributed by atoms with E-state index in [1.165, 1.54) is 6.33 Å². The van der Waals surface area contributed by atoms with Crippen molar-refractivity contribution in [3.05, 3.63) is 47.0 Å². The largest absolute Gasteiger partial charge is 0.334 e. The Morgan fingerprint density at radius 3 is 2.55 bits per heavy atom. The van der Waals surface area contributed by atoms with Crippen molar-refractivity contribution >= 4 is 34.6 Å². The molecule has 0 bridgehead atoms. The van der Waals surface area contributed by atoms with E-state index in [9.17, 15) is 0 Å². The van der Waals surface area contributed by atoms with Crippen molar-refractivity contribution in [1.29, 1.82) is 0 Å². The Morgan fingerprint density at radius 2 is 1.90 bits per heavy atom. The molecule has 0 saturated carbocycles. The summed E-state index contributed by atoms with van der Waals surface area (Å²) in [5.41, 5.74) is 1.96. The van der Waals surface area contributed by atoms with Crippen LogP contribution in [0.4, 0.5) is 11.4 Å². The third kappa shape index (κ3) is 2.73. The number of rotatable bonds is 3. The molecule has 20 heavy (non-hydrogen) atoms. The molecule has 1 aromatic heterocycles. The highest BCUT2D eigenvalue weighted by Gasteiger charge is 2.24. The predicted octanol–water partition coefficient (Wildman–Crippen LogP) is 3.28. The molecule has 3 rings (SSSR count). The molecule has 0 radical (unpaired) electrons. The standard InChI is InChI=1S/C14H14Cl2N4/c15-13-2-1-10(5-14(13)16)20(11-3-4-17-6-11)12-7-18-9-19-8-12/h1-2,5,7-9,11,17H,3-4,6H2/t11-/m0/s1. The fourth-order valence-corrected chi connectivity index (χ4v) is 2.77. The summed E-state index contributed by atoms with van der Waals surface area (Å²) in [5.74, 6) is 0. The maximum Gasteiger partial charge on any atom is 0.115 e. The summed E-state index contributed by atoms with van der Waals surface area (Å²) in [7, 11) is 0. The summed E-state index contributed by atoms with van der Waals surface area (Å²) in [4.78, 5) is 10.4. The molecule has 0 aliphatic carbocycles. The zero-order valence-electron chi connectivity index (χ0n) is 10.8. The van der Waals surface area contributed by atoms with Crippen LogP contribution in [-0.2, 0) is 0 Å². The normalized spacial score (nSPS) is 18.2. The van der Waals surface area contributed by atoms with Crippen molar-refractivity contribution in [3.8, 4) is 0 Å². The number of nitrogens with zero attached hydrogens (tertiary/aromatic N) is 3. The zero-order chi connectivity index (χ0) is 13.9. The number of hydrogen-bond donors (Lipinski definition) is 1. The van der Waals surface area contributed by atoms with Crippen LogP contribution in [0.15, 0.2) is 36.9 Å². The van der Waals surface area contributed by atoms with Crippen LogP contribution in [0.1, 0.15) is 6.42 Å². The van der Waals surface area contributed by atoms with Crippen LogP contribution in [-0.4, -0.2) is 29.1 Å². The molecule has 1 aliphatic rings. The van der Waals surface area contributed by atoms with Crippen molar-refractivity contribution in [2.24, 2.45) is 0 Å². The summed E-state index contributed by atoms with van der Waals surface area (Å²) in [6.45, 7) is 1.94. The van der Waals surface area contributed by atoms with Gasteiger partial charge in [-0.15, -0.1) is 0 Å². The van der Waals surface area contributed by atoms with Crippen molar-refractivity contribution in [2.45, 2.75) is 12.5 Å². The third-order valence-electron chi connectivity index (χ3n) is 3.41. The molecule has 1 N–H and O–H groups in total. The first kappa shape index (κ1) is 13.6. The molecule has 0 spiro atoms. The average Bonchev–Trinajstić information content (AvgIpc) is 2.98. The summed E-state index contributed by atoms with van der Waals surface area (Å²) in [6.07, 6.45) is 6.22. The summed E-state index contributed by atoms with van der Waals surface area (Å²) in [5, 5.41) is 4.49. The van der Waals surface area contributed by atoms with Crippen LogP contribution in [0.5, 0.6) is 0 Å². The topological polar surface area (TPSA) is 41.1 Å². The molecule has 0 amide bonds. The second kappa shape index (κ2) is 5.95. The predicted molar refractivity (Wildman–Crippen MR) is 81.9 cm³/mol. The lowest BCUT2D eigenvalue weighted by atomic mass is 10.1. The highest BCUT2D eigenvalue weighted by atomic mass is 35.5. The number of hydrogen-bond acceptors (Lipinski definition) is 4. The smallest absolute Gasteiger partial charge is 0.115 e. The van der Waals surface area contributed by atoms with Gasteiger partial charge < -0.3 is 10.2 Å². The highest BCUT2D eigenvalue weighted by molar-refractivity contribution is 6.42. The SMILES string of the molecule is Clc1ccc(N(c2cncnc2)[C@H]2CCNC2)cc1Cl. The molecule has 1 atom stereocenters. The summed E-state index contributed by atoms with van der Waals surface area (Å²) < 4.78 is 0. The number of aromatic nitrogens is 2. The van der Waals surface area contributed by atoms with Gasteiger partial charge in [0, 0.05) is 18.3 Å². The fourth-order valence-electron chi connectivity index (χ4n) is 2.48. The quantitative estimate of drug-likeness (QED) is 0.944. The monoisotopic (exact) mass is 308 g/mol. The van der Waals surface area contributed by atoms with Gasteiger partial charge >= 0.3 is 0 Å². The molecule has 6 heteroatoms. The minimum atomic E-state index is 0.359. The Kier molecular flexibility index (Phi) is 4.05. The van der Waals surface area contributed by atoms with Crippen molar-refractivity contribution < 1.29 is 0 Å². The van der Waals surface area contributed by atoms with Crippen LogP contribution in [0.25, 0.3) is 0 Å². The van der Waals surface area contributed by atoms with Gasteiger partial charge in [0.25, 0.3) is 0 Å². The van der Waals surface area contributed by atoms with Gasteiger partial charge in [0.05, 0.1) is 28.1 Å². The minimum absolute atomic E-state index is 0.359. The minimum Gasteiger partial charge on any atom is -0.334 e. The van der Waals surface area contributed by atoms with Crippen molar-refractivity contribution in [3.63, 3.8) is 0 Å².